The van der Waals surface area contributed by atoms with Gasteiger partial charge in [-0.1, -0.05) is 20.4 Å². The van der Waals surface area contributed by atoms with Crippen LogP contribution in [0.2, 0.25) is 0 Å². The molecule has 3 N–H and O–H groups in total. The minimum Gasteiger partial charge on any atom is -0.462 e. The molecule has 0 aromatic heterocycles. The normalized spacial score (nSPS) is 54.7. The molecule has 2 saturated heterocycles. The maximum atomic E-state index is 13.5. The van der Waals surface area contributed by atoms with Crippen molar-refractivity contribution >= 4 is 11.8 Å². The number of ketones is 1. The van der Waals surface area contributed by atoms with Gasteiger partial charge in [0.2, 0.25) is 5.79 Å². The van der Waals surface area contributed by atoms with Crippen LogP contribution in [0.1, 0.15) is 46.5 Å². The lowest BCUT2D eigenvalue weighted by molar-refractivity contribution is -0.455. The molecule has 4 saturated carbocycles. The van der Waals surface area contributed by atoms with Crippen LogP contribution >= 0.6 is 0 Å². The Morgan fingerprint density at radius 2 is 1.97 bits per heavy atom. The zero-order valence-corrected chi connectivity index (χ0v) is 17.2. The number of ether oxygens (including phenoxy) is 2. The molecular weight excluding hydrogens is 376 g/mol. The summed E-state index contributed by atoms with van der Waals surface area (Å²) in [5.41, 5.74) is -2.44. The Hall–Kier alpha value is -1.28. The van der Waals surface area contributed by atoms with Gasteiger partial charge < -0.3 is 24.8 Å². The van der Waals surface area contributed by atoms with E-state index in [1.54, 1.807) is 0 Å². The Morgan fingerprint density at radius 1 is 1.28 bits per heavy atom. The summed E-state index contributed by atoms with van der Waals surface area (Å²) >= 11 is 0. The summed E-state index contributed by atoms with van der Waals surface area (Å²) in [6.07, 6.45) is -0.908. The Morgan fingerprint density at radius 3 is 2.62 bits per heavy atom. The van der Waals surface area contributed by atoms with Crippen molar-refractivity contribution in [1.82, 2.24) is 0 Å². The van der Waals surface area contributed by atoms with Crippen LogP contribution in [0.25, 0.3) is 0 Å². The minimum absolute atomic E-state index is 0.0283. The number of fused-ring (bicyclic) bond motifs is 2. The third-order valence-corrected chi connectivity index (χ3v) is 9.06. The zero-order valence-electron chi connectivity index (χ0n) is 17.2. The minimum atomic E-state index is -2.09. The third kappa shape index (κ3) is 1.94. The maximum Gasteiger partial charge on any atom is 0.302 e. The molecule has 7 heteroatoms. The summed E-state index contributed by atoms with van der Waals surface area (Å²) in [6.45, 7) is 9.36. The van der Waals surface area contributed by atoms with Crippen molar-refractivity contribution in [2.45, 2.75) is 70.6 Å². The van der Waals surface area contributed by atoms with Crippen molar-refractivity contribution in [3.05, 3.63) is 12.2 Å². The third-order valence-electron chi connectivity index (χ3n) is 9.06. The Kier molecular flexibility index (Phi) is 3.73. The first-order valence-corrected chi connectivity index (χ1v) is 10.6. The van der Waals surface area contributed by atoms with E-state index in [2.05, 4.69) is 6.58 Å². The van der Waals surface area contributed by atoms with Gasteiger partial charge in [-0.25, -0.2) is 0 Å². The van der Waals surface area contributed by atoms with Crippen molar-refractivity contribution in [2.24, 2.45) is 34.0 Å². The number of allylic oxidation sites excluding steroid dienone is 1. The molecule has 4 bridgehead atoms. The van der Waals surface area contributed by atoms with E-state index in [0.29, 0.717) is 31.3 Å². The van der Waals surface area contributed by atoms with Gasteiger partial charge in [-0.2, -0.15) is 0 Å². The number of carbonyl (C=O) groups excluding carboxylic acids is 2. The molecule has 6 aliphatic rings. The van der Waals surface area contributed by atoms with Crippen LogP contribution in [0.4, 0.5) is 0 Å². The molecule has 0 aromatic carbocycles. The number of esters is 1. The molecule has 7 nitrogen and oxygen atoms in total. The van der Waals surface area contributed by atoms with Gasteiger partial charge in [0.05, 0.1) is 18.1 Å². The highest BCUT2D eigenvalue weighted by Gasteiger charge is 2.86. The van der Waals surface area contributed by atoms with Crippen LogP contribution < -0.4 is 0 Å². The van der Waals surface area contributed by atoms with E-state index in [0.717, 1.165) is 0 Å². The standard InChI is InChI=1S/C22H30O7/c1-10-12-7-13(24)15-20-9-28-22(27,21(15,8-12)17(10)25)18(26)16(20)19(3,4)6-5-14(20)29-11(2)23/h12-16,18,24,26-27H,1,5-9H2,2-4H3/t12-,13+,14+,15+,16-,18+,20-,21+,22-/m1/s1. The van der Waals surface area contributed by atoms with Crippen molar-refractivity contribution in [2.75, 3.05) is 6.61 Å². The maximum absolute atomic E-state index is 13.5. The van der Waals surface area contributed by atoms with E-state index in [1.807, 2.05) is 13.8 Å². The number of rotatable bonds is 1. The number of carbonyl (C=O) groups is 2. The van der Waals surface area contributed by atoms with E-state index in [9.17, 15) is 24.9 Å². The van der Waals surface area contributed by atoms with Crippen LogP contribution in [0, 0.1) is 34.0 Å². The molecule has 2 spiro atoms. The van der Waals surface area contributed by atoms with Gasteiger partial charge in [0.25, 0.3) is 0 Å². The fourth-order valence-corrected chi connectivity index (χ4v) is 8.23. The number of hydrogen-bond donors (Lipinski definition) is 3. The molecule has 9 atom stereocenters. The molecule has 29 heavy (non-hydrogen) atoms. The molecule has 0 amide bonds. The summed E-state index contributed by atoms with van der Waals surface area (Å²) in [5, 5.41) is 34.6. The lowest BCUT2D eigenvalue weighted by Gasteiger charge is -2.74. The molecule has 4 aliphatic carbocycles. The van der Waals surface area contributed by atoms with Crippen LogP contribution in [-0.4, -0.2) is 57.8 Å². The smallest absolute Gasteiger partial charge is 0.302 e. The molecule has 0 aromatic rings. The summed E-state index contributed by atoms with van der Waals surface area (Å²) < 4.78 is 11.7. The van der Waals surface area contributed by atoms with Gasteiger partial charge in [-0.3, -0.25) is 9.59 Å². The first-order chi connectivity index (χ1) is 13.4. The van der Waals surface area contributed by atoms with Crippen LogP contribution in [0.5, 0.6) is 0 Å². The summed E-state index contributed by atoms with van der Waals surface area (Å²) in [5.74, 6) is -4.26. The number of Topliss-reactive ketones (excluding diaryl/α,β-unsaturated/α-hetero) is 1. The highest BCUT2D eigenvalue weighted by Crippen LogP contribution is 2.76. The Balaban J connectivity index is 1.79. The summed E-state index contributed by atoms with van der Waals surface area (Å²) in [6, 6.07) is 0. The quantitative estimate of drug-likeness (QED) is 0.439. The second-order valence-corrected chi connectivity index (χ2v) is 10.7. The topological polar surface area (TPSA) is 113 Å². The second-order valence-electron chi connectivity index (χ2n) is 10.7. The van der Waals surface area contributed by atoms with Crippen molar-refractivity contribution in [3.8, 4) is 0 Å². The van der Waals surface area contributed by atoms with E-state index in [1.165, 1.54) is 6.92 Å². The lowest BCUT2D eigenvalue weighted by atomic mass is 9.35. The van der Waals surface area contributed by atoms with Gasteiger partial charge in [0.1, 0.15) is 12.2 Å². The zero-order chi connectivity index (χ0) is 21.1. The van der Waals surface area contributed by atoms with E-state index >= 15 is 0 Å². The van der Waals surface area contributed by atoms with Gasteiger partial charge in [-0.15, -0.1) is 0 Å². The number of aliphatic hydroxyl groups is 3. The highest BCUT2D eigenvalue weighted by atomic mass is 16.6. The van der Waals surface area contributed by atoms with Crippen LogP contribution in [0.3, 0.4) is 0 Å². The number of aliphatic hydroxyl groups excluding tert-OH is 2. The van der Waals surface area contributed by atoms with E-state index in [-0.39, 0.29) is 18.3 Å². The molecule has 160 valence electrons. The second kappa shape index (κ2) is 5.49. The molecule has 6 rings (SSSR count). The number of hydrogen-bond acceptors (Lipinski definition) is 7. The molecular formula is C22H30O7. The fraction of sp³-hybridized carbons (Fsp3) is 0.818. The Labute approximate surface area is 170 Å². The summed E-state index contributed by atoms with van der Waals surface area (Å²) in [7, 11) is 0. The predicted octanol–water partition coefficient (Wildman–Crippen LogP) is 0.946. The van der Waals surface area contributed by atoms with Crippen LogP contribution in [0.15, 0.2) is 12.2 Å². The lowest BCUT2D eigenvalue weighted by Crippen LogP contribution is -2.85. The van der Waals surface area contributed by atoms with E-state index in [4.69, 9.17) is 9.47 Å². The first kappa shape index (κ1) is 19.7. The first-order valence-electron chi connectivity index (χ1n) is 10.6. The van der Waals surface area contributed by atoms with Gasteiger partial charge in [0, 0.05) is 24.2 Å². The van der Waals surface area contributed by atoms with Gasteiger partial charge in [-0.05, 0) is 42.6 Å². The highest BCUT2D eigenvalue weighted by molar-refractivity contribution is 6.04. The average molecular weight is 406 g/mol. The summed E-state index contributed by atoms with van der Waals surface area (Å²) in [4.78, 5) is 25.5. The molecule has 0 radical (unpaired) electrons. The Bertz CT molecular complexity index is 820. The predicted molar refractivity (Wildman–Crippen MR) is 100 cm³/mol. The SMILES string of the molecule is C=C1C(=O)[C@]23C[C@H]1C[C@H](O)[C@H]2[C@]12CO[C@]3(O)[C@@H](O)[C@@H]1C(C)(C)CC[C@@H]2OC(C)=O. The monoisotopic (exact) mass is 406 g/mol. The van der Waals surface area contributed by atoms with Crippen molar-refractivity contribution in [3.63, 3.8) is 0 Å². The fourth-order valence-electron chi connectivity index (χ4n) is 8.23. The largest absolute Gasteiger partial charge is 0.462 e. The van der Waals surface area contributed by atoms with E-state index < -0.39 is 58.1 Å². The van der Waals surface area contributed by atoms with Gasteiger partial charge >= 0.3 is 5.97 Å². The van der Waals surface area contributed by atoms with Crippen molar-refractivity contribution in [1.29, 1.82) is 0 Å². The molecule has 2 heterocycles. The molecule has 6 fully saturated rings. The molecule has 2 aliphatic heterocycles. The van der Waals surface area contributed by atoms with Gasteiger partial charge in [0.15, 0.2) is 5.78 Å². The van der Waals surface area contributed by atoms with Crippen LogP contribution in [-0.2, 0) is 19.1 Å². The average Bonchev–Trinajstić information content (AvgIpc) is 2.82. The molecule has 0 unspecified atom stereocenters. The van der Waals surface area contributed by atoms with Crippen molar-refractivity contribution < 1.29 is 34.4 Å².